The molecular formula is C46H25N6O2Pt-3. The van der Waals surface area contributed by atoms with Crippen molar-refractivity contribution in [1.82, 2.24) is 9.55 Å². The van der Waals surface area contributed by atoms with E-state index in [9.17, 15) is 10.5 Å². The number of hydrogen-bond donors (Lipinski definition) is 0. The fourth-order valence-corrected chi connectivity index (χ4v) is 8.75. The summed E-state index contributed by atoms with van der Waals surface area (Å²) in [7, 11) is 2.01. The molecule has 0 aliphatic carbocycles. The largest absolute Gasteiger partial charge is 0.509 e. The zero-order chi connectivity index (χ0) is 36.1. The molecule has 1 spiro atoms. The number of aromatic nitrogens is 2. The number of para-hydroxylation sites is 2. The molecule has 264 valence electrons. The van der Waals surface area contributed by atoms with Crippen molar-refractivity contribution in [3.05, 3.63) is 180 Å². The third kappa shape index (κ3) is 4.38. The van der Waals surface area contributed by atoms with Crippen LogP contribution in [0.15, 0.2) is 128 Å². The molecule has 0 bridgehead atoms. The molecule has 6 aromatic carbocycles. The first kappa shape index (κ1) is 32.8. The summed E-state index contributed by atoms with van der Waals surface area (Å²) < 4.78 is 15.3. The van der Waals surface area contributed by atoms with Gasteiger partial charge in [0, 0.05) is 72.2 Å². The van der Waals surface area contributed by atoms with E-state index in [1.807, 2.05) is 105 Å². The van der Waals surface area contributed by atoms with Gasteiger partial charge in [0.2, 0.25) is 0 Å². The number of fused-ring (bicyclic) bond motifs is 11. The van der Waals surface area contributed by atoms with Crippen LogP contribution in [0.3, 0.4) is 0 Å². The summed E-state index contributed by atoms with van der Waals surface area (Å²) in [6.07, 6.45) is 1.79. The SMILES string of the molecule is CN1[CH-]N2c3[c-]c(Oc4[c-]c5c(cc4)c4ccccc4n5-c4ccccn4)ccc3C3(c4cccc1c42)c1c(C#N)cccc1Oc1cccc(C#N)c13.[Pt]. The maximum Gasteiger partial charge on any atom is 0.135 e. The van der Waals surface area contributed by atoms with Crippen molar-refractivity contribution in [2.45, 2.75) is 5.41 Å². The normalized spacial score (nSPS) is 13.9. The molecule has 5 heterocycles. The van der Waals surface area contributed by atoms with E-state index in [1.165, 1.54) is 0 Å². The second-order valence-electron chi connectivity index (χ2n) is 13.5. The van der Waals surface area contributed by atoms with E-state index in [0.29, 0.717) is 45.3 Å². The monoisotopic (exact) mass is 888 g/mol. The van der Waals surface area contributed by atoms with Crippen LogP contribution in [0.1, 0.15) is 33.4 Å². The summed E-state index contributed by atoms with van der Waals surface area (Å²) in [5, 5.41) is 23.4. The maximum absolute atomic E-state index is 10.6. The Balaban J connectivity index is 0.00000372. The van der Waals surface area contributed by atoms with Crippen molar-refractivity contribution in [2.75, 3.05) is 16.8 Å². The van der Waals surface area contributed by atoms with Crippen LogP contribution in [0, 0.1) is 41.5 Å². The molecule has 8 aromatic rings. The summed E-state index contributed by atoms with van der Waals surface area (Å²) in [6, 6.07) is 51.4. The third-order valence-corrected chi connectivity index (χ3v) is 10.8. The topological polar surface area (TPSA) is 90.3 Å². The Morgan fingerprint density at radius 3 is 2.18 bits per heavy atom. The van der Waals surface area contributed by atoms with Gasteiger partial charge in [0.1, 0.15) is 17.3 Å². The van der Waals surface area contributed by atoms with Crippen LogP contribution in [0.5, 0.6) is 23.0 Å². The average molecular weight is 889 g/mol. The van der Waals surface area contributed by atoms with Crippen molar-refractivity contribution in [3.8, 4) is 41.0 Å². The van der Waals surface area contributed by atoms with Gasteiger partial charge in [0.15, 0.2) is 0 Å². The van der Waals surface area contributed by atoms with E-state index in [1.54, 1.807) is 6.20 Å². The number of ether oxygens (including phenoxy) is 2. The quantitative estimate of drug-likeness (QED) is 0.163. The predicted octanol–water partition coefficient (Wildman–Crippen LogP) is 9.82. The molecule has 2 aromatic heterocycles. The Labute approximate surface area is 330 Å². The molecule has 0 unspecified atom stereocenters. The Kier molecular flexibility index (Phi) is 7.20. The zero-order valence-electron chi connectivity index (χ0n) is 29.0. The minimum Gasteiger partial charge on any atom is -0.509 e. The van der Waals surface area contributed by atoms with E-state index < -0.39 is 5.41 Å². The number of pyridine rings is 1. The number of hydrogen-bond acceptors (Lipinski definition) is 7. The Bertz CT molecular complexity index is 2930. The van der Waals surface area contributed by atoms with Crippen molar-refractivity contribution < 1.29 is 30.5 Å². The standard InChI is InChI=1S/C46H25N6O2.Pt/c1-50-27-51-39-24-31(53-30-18-20-33-32-11-2-3-13-36(32)52(38(33)23-30)42-17-4-5-22-49-42)19-21-34(39)46(35-12-8-14-37(50)45(35)51)43-28(25-47)9-6-15-40(43)54-41-16-7-10-29(26-48)44(41)46;/h2-22,27H,1H3;/q-3;. The van der Waals surface area contributed by atoms with Crippen LogP contribution in [0.4, 0.5) is 17.1 Å². The second-order valence-corrected chi connectivity index (χ2v) is 13.5. The number of anilines is 3. The minimum absolute atomic E-state index is 0. The molecule has 0 atom stereocenters. The first-order valence-electron chi connectivity index (χ1n) is 17.5. The molecule has 0 saturated heterocycles. The van der Waals surface area contributed by atoms with E-state index in [-0.39, 0.29) is 21.1 Å². The maximum atomic E-state index is 10.6. The Hall–Kier alpha value is -6.86. The van der Waals surface area contributed by atoms with Crippen LogP contribution in [0.25, 0.3) is 27.6 Å². The first-order valence-corrected chi connectivity index (χ1v) is 17.5. The smallest absolute Gasteiger partial charge is 0.135 e. The summed E-state index contributed by atoms with van der Waals surface area (Å²) in [5.41, 5.74) is 7.52. The number of nitriles is 2. The zero-order valence-corrected chi connectivity index (χ0v) is 31.3. The fourth-order valence-electron chi connectivity index (χ4n) is 8.75. The van der Waals surface area contributed by atoms with Crippen molar-refractivity contribution >= 4 is 38.9 Å². The number of rotatable bonds is 3. The van der Waals surface area contributed by atoms with Gasteiger partial charge in [0.05, 0.1) is 23.3 Å². The van der Waals surface area contributed by atoms with Gasteiger partial charge in [-0.3, -0.25) is 0 Å². The number of benzene rings is 6. The van der Waals surface area contributed by atoms with Gasteiger partial charge in [0.25, 0.3) is 0 Å². The van der Waals surface area contributed by atoms with Gasteiger partial charge in [-0.05, 0) is 66.5 Å². The van der Waals surface area contributed by atoms with Gasteiger partial charge in [-0.25, -0.2) is 4.98 Å². The molecule has 0 N–H and O–H groups in total. The van der Waals surface area contributed by atoms with Crippen LogP contribution in [-0.4, -0.2) is 16.6 Å². The van der Waals surface area contributed by atoms with E-state index in [2.05, 4.69) is 74.0 Å². The molecule has 11 rings (SSSR count). The fraction of sp³-hybridized carbons (Fsp3) is 0.0435. The van der Waals surface area contributed by atoms with Gasteiger partial charge >= 0.3 is 0 Å². The molecule has 9 heteroatoms. The third-order valence-electron chi connectivity index (χ3n) is 10.8. The van der Waals surface area contributed by atoms with Crippen LogP contribution in [0.2, 0.25) is 0 Å². The van der Waals surface area contributed by atoms with Gasteiger partial charge in [-0.15, -0.1) is 35.2 Å². The molecule has 3 aliphatic heterocycles. The summed E-state index contributed by atoms with van der Waals surface area (Å²) in [4.78, 5) is 8.87. The molecule has 55 heavy (non-hydrogen) atoms. The number of nitrogens with zero attached hydrogens (tertiary/aromatic N) is 6. The molecule has 0 amide bonds. The summed E-state index contributed by atoms with van der Waals surface area (Å²) >= 11 is 0. The first-order chi connectivity index (χ1) is 26.6. The Morgan fingerprint density at radius 1 is 0.727 bits per heavy atom. The minimum atomic E-state index is -1.10. The molecule has 3 aliphatic rings. The summed E-state index contributed by atoms with van der Waals surface area (Å²) in [6.45, 7) is 2.04. The molecule has 0 fully saturated rings. The summed E-state index contributed by atoms with van der Waals surface area (Å²) in [5.74, 6) is 2.93. The van der Waals surface area contributed by atoms with Gasteiger partial charge in [-0.1, -0.05) is 59.7 Å². The van der Waals surface area contributed by atoms with Crippen molar-refractivity contribution in [2.24, 2.45) is 0 Å². The van der Waals surface area contributed by atoms with E-state index >= 15 is 0 Å². The van der Waals surface area contributed by atoms with Gasteiger partial charge in [-0.2, -0.15) is 29.3 Å². The molecular weight excluding hydrogens is 864 g/mol. The van der Waals surface area contributed by atoms with E-state index in [0.717, 1.165) is 55.8 Å². The van der Waals surface area contributed by atoms with Crippen LogP contribution >= 0.6 is 0 Å². The van der Waals surface area contributed by atoms with Crippen LogP contribution < -0.4 is 19.3 Å². The van der Waals surface area contributed by atoms with Crippen molar-refractivity contribution in [3.63, 3.8) is 0 Å². The van der Waals surface area contributed by atoms with Crippen molar-refractivity contribution in [1.29, 1.82) is 10.5 Å². The average Bonchev–Trinajstić information content (AvgIpc) is 3.74. The molecule has 0 saturated carbocycles. The Morgan fingerprint density at radius 2 is 1.44 bits per heavy atom. The van der Waals surface area contributed by atoms with E-state index in [4.69, 9.17) is 9.47 Å². The van der Waals surface area contributed by atoms with Gasteiger partial charge < -0.3 is 23.8 Å². The second kappa shape index (κ2) is 12.1. The molecule has 0 radical (unpaired) electrons. The predicted molar refractivity (Wildman–Crippen MR) is 205 cm³/mol. The molecule has 8 nitrogen and oxygen atoms in total. The van der Waals surface area contributed by atoms with Crippen LogP contribution in [-0.2, 0) is 26.5 Å².